The molecule has 258 valence electrons. The molecule has 0 N–H and O–H groups in total. The summed E-state index contributed by atoms with van der Waals surface area (Å²) in [5.74, 6) is 0. The number of hydrogen-bond acceptors (Lipinski definition) is 3. The Labute approximate surface area is 314 Å². The molecule has 0 spiro atoms. The zero-order valence-electron chi connectivity index (χ0n) is 30.7. The van der Waals surface area contributed by atoms with Crippen molar-refractivity contribution in [1.29, 1.82) is 0 Å². The van der Waals surface area contributed by atoms with E-state index in [0.717, 1.165) is 51.2 Å². The number of benzene rings is 7. The standard InChI is InChI=1S/C48H44ClN3/c1-33-7-19-39(20-8-33)50(40-21-9-34(2)10-22-40)45-31-46(51(41-23-11-35(3)12-24-41)42-25-13-36(4)14-26-42)48(49)47(32-45)52(43-27-15-37(5)16-28-43)44-29-17-38(6)18-30-44/h7-32H,1-6H3. The van der Waals surface area contributed by atoms with Crippen molar-refractivity contribution in [2.45, 2.75) is 41.5 Å². The normalized spacial score (nSPS) is 11.0. The van der Waals surface area contributed by atoms with Crippen LogP contribution in [0.4, 0.5) is 51.2 Å². The predicted octanol–water partition coefficient (Wildman–Crippen LogP) is 14.6. The highest BCUT2D eigenvalue weighted by atomic mass is 35.5. The van der Waals surface area contributed by atoms with Crippen molar-refractivity contribution in [3.63, 3.8) is 0 Å². The topological polar surface area (TPSA) is 9.72 Å². The number of halogens is 1. The molecule has 0 radical (unpaired) electrons. The second-order valence-electron chi connectivity index (χ2n) is 13.8. The molecule has 0 unspecified atom stereocenters. The molecule has 52 heavy (non-hydrogen) atoms. The van der Waals surface area contributed by atoms with Crippen molar-refractivity contribution in [2.24, 2.45) is 0 Å². The minimum absolute atomic E-state index is 0.638. The summed E-state index contributed by atoms with van der Waals surface area (Å²) < 4.78 is 0. The lowest BCUT2D eigenvalue weighted by atomic mass is 10.1. The Morgan fingerprint density at radius 1 is 0.269 bits per heavy atom. The van der Waals surface area contributed by atoms with Crippen molar-refractivity contribution < 1.29 is 0 Å². The first kappa shape index (κ1) is 34.7. The van der Waals surface area contributed by atoms with Crippen LogP contribution in [0.1, 0.15) is 33.4 Å². The molecule has 7 aromatic carbocycles. The van der Waals surface area contributed by atoms with Gasteiger partial charge in [0.1, 0.15) is 0 Å². The van der Waals surface area contributed by atoms with Crippen LogP contribution < -0.4 is 14.7 Å². The first-order valence-electron chi connectivity index (χ1n) is 17.8. The van der Waals surface area contributed by atoms with Gasteiger partial charge in [0.25, 0.3) is 0 Å². The third-order valence-electron chi connectivity index (χ3n) is 9.51. The van der Waals surface area contributed by atoms with E-state index in [0.29, 0.717) is 5.02 Å². The van der Waals surface area contributed by atoms with E-state index < -0.39 is 0 Å². The Balaban J connectivity index is 1.57. The lowest BCUT2D eigenvalue weighted by Crippen LogP contribution is -2.17. The van der Waals surface area contributed by atoms with Crippen LogP contribution in [0.25, 0.3) is 0 Å². The van der Waals surface area contributed by atoms with E-state index in [-0.39, 0.29) is 0 Å². The van der Waals surface area contributed by atoms with E-state index in [1.165, 1.54) is 33.4 Å². The second kappa shape index (κ2) is 14.8. The Morgan fingerprint density at radius 3 is 0.673 bits per heavy atom. The summed E-state index contributed by atoms with van der Waals surface area (Å²) in [7, 11) is 0. The van der Waals surface area contributed by atoms with Gasteiger partial charge in [-0.05, 0) is 126 Å². The molecule has 0 bridgehead atoms. The maximum Gasteiger partial charge on any atom is 0.0888 e. The van der Waals surface area contributed by atoms with Crippen molar-refractivity contribution in [1.82, 2.24) is 0 Å². The van der Waals surface area contributed by atoms with E-state index in [9.17, 15) is 0 Å². The van der Waals surface area contributed by atoms with Crippen LogP contribution in [-0.4, -0.2) is 0 Å². The van der Waals surface area contributed by atoms with E-state index in [1.54, 1.807) is 0 Å². The molecule has 0 aromatic heterocycles. The number of aryl methyl sites for hydroxylation is 6. The molecule has 4 heteroatoms. The van der Waals surface area contributed by atoms with Gasteiger partial charge in [-0.15, -0.1) is 0 Å². The lowest BCUT2D eigenvalue weighted by molar-refractivity contribution is 1.21. The maximum atomic E-state index is 7.83. The van der Waals surface area contributed by atoms with Crippen molar-refractivity contribution in [3.05, 3.63) is 196 Å². The van der Waals surface area contributed by atoms with Gasteiger partial charge in [-0.1, -0.05) is 118 Å². The highest BCUT2D eigenvalue weighted by Crippen LogP contribution is 2.50. The number of anilines is 9. The molecule has 0 aliphatic rings. The molecular weight excluding hydrogens is 654 g/mol. The van der Waals surface area contributed by atoms with Gasteiger partial charge in [0.2, 0.25) is 0 Å². The molecule has 0 amide bonds. The maximum absolute atomic E-state index is 7.83. The second-order valence-corrected chi connectivity index (χ2v) is 14.2. The fraction of sp³-hybridized carbons (Fsp3) is 0.125. The molecular formula is C48H44ClN3. The minimum Gasteiger partial charge on any atom is -0.310 e. The molecule has 7 aromatic rings. The van der Waals surface area contributed by atoms with Gasteiger partial charge in [0.05, 0.1) is 22.1 Å². The van der Waals surface area contributed by atoms with Crippen LogP contribution in [0.5, 0.6) is 0 Å². The van der Waals surface area contributed by atoms with Gasteiger partial charge >= 0.3 is 0 Å². The van der Waals surface area contributed by atoms with Gasteiger partial charge in [-0.2, -0.15) is 0 Å². The third kappa shape index (κ3) is 7.32. The largest absolute Gasteiger partial charge is 0.310 e. The van der Waals surface area contributed by atoms with E-state index >= 15 is 0 Å². The van der Waals surface area contributed by atoms with Gasteiger partial charge < -0.3 is 14.7 Å². The molecule has 0 saturated carbocycles. The average Bonchev–Trinajstić information content (AvgIpc) is 3.15. The molecule has 3 nitrogen and oxygen atoms in total. The molecule has 0 aliphatic carbocycles. The molecule has 0 fully saturated rings. The van der Waals surface area contributed by atoms with E-state index in [1.807, 2.05) is 0 Å². The van der Waals surface area contributed by atoms with Crippen LogP contribution in [0, 0.1) is 41.5 Å². The smallest absolute Gasteiger partial charge is 0.0888 e. The van der Waals surface area contributed by atoms with Crippen LogP contribution in [0.3, 0.4) is 0 Å². The summed E-state index contributed by atoms with van der Waals surface area (Å²) in [6.45, 7) is 12.7. The molecule has 7 rings (SSSR count). The highest BCUT2D eigenvalue weighted by Gasteiger charge is 2.26. The summed E-state index contributed by atoms with van der Waals surface area (Å²) in [6, 6.07) is 56.6. The van der Waals surface area contributed by atoms with E-state index in [2.05, 4.69) is 214 Å². The van der Waals surface area contributed by atoms with Crippen LogP contribution in [0.15, 0.2) is 158 Å². The molecule has 0 aliphatic heterocycles. The molecule has 0 heterocycles. The summed E-state index contributed by atoms with van der Waals surface area (Å²) in [6.07, 6.45) is 0. The zero-order chi connectivity index (χ0) is 36.4. The van der Waals surface area contributed by atoms with Crippen molar-refractivity contribution >= 4 is 62.8 Å². The van der Waals surface area contributed by atoms with Gasteiger partial charge in [-0.25, -0.2) is 0 Å². The van der Waals surface area contributed by atoms with Gasteiger partial charge in [0, 0.05) is 34.1 Å². The fourth-order valence-corrected chi connectivity index (χ4v) is 6.78. The number of rotatable bonds is 9. The minimum atomic E-state index is 0.638. The molecule has 0 saturated heterocycles. The van der Waals surface area contributed by atoms with E-state index in [4.69, 9.17) is 11.6 Å². The zero-order valence-corrected chi connectivity index (χ0v) is 31.5. The first-order valence-corrected chi connectivity index (χ1v) is 18.2. The summed E-state index contributed by atoms with van der Waals surface area (Å²) in [5, 5.41) is 0.638. The fourth-order valence-electron chi connectivity index (χ4n) is 6.50. The lowest BCUT2D eigenvalue weighted by Gasteiger charge is -2.34. The van der Waals surface area contributed by atoms with Crippen molar-refractivity contribution in [3.8, 4) is 0 Å². The Hall–Kier alpha value is -5.77. The first-order chi connectivity index (χ1) is 25.1. The van der Waals surface area contributed by atoms with Gasteiger partial charge in [-0.3, -0.25) is 0 Å². The van der Waals surface area contributed by atoms with Gasteiger partial charge in [0.15, 0.2) is 0 Å². The summed E-state index contributed by atoms with van der Waals surface area (Å²) >= 11 is 7.83. The number of hydrogen-bond donors (Lipinski definition) is 0. The Morgan fingerprint density at radius 2 is 0.462 bits per heavy atom. The summed E-state index contributed by atoms with van der Waals surface area (Å²) in [4.78, 5) is 6.88. The Bertz CT molecular complexity index is 2020. The number of nitrogens with zero attached hydrogens (tertiary/aromatic N) is 3. The predicted molar refractivity (Wildman–Crippen MR) is 224 cm³/mol. The van der Waals surface area contributed by atoms with Crippen LogP contribution in [0.2, 0.25) is 5.02 Å². The summed E-state index contributed by atoms with van der Waals surface area (Å²) in [5.41, 5.74) is 16.1. The Kier molecular flexibility index (Phi) is 9.89. The highest BCUT2D eigenvalue weighted by molar-refractivity contribution is 6.37. The van der Waals surface area contributed by atoms with Crippen molar-refractivity contribution in [2.75, 3.05) is 14.7 Å². The third-order valence-corrected chi connectivity index (χ3v) is 9.90. The van der Waals surface area contributed by atoms with Crippen LogP contribution >= 0.6 is 11.6 Å². The monoisotopic (exact) mass is 697 g/mol. The SMILES string of the molecule is Cc1ccc(N(c2ccc(C)cc2)c2cc(N(c3ccc(C)cc3)c3ccc(C)cc3)c(Cl)c(N(c3ccc(C)cc3)c3ccc(C)cc3)c2)cc1. The van der Waals surface area contributed by atoms with Crippen LogP contribution in [-0.2, 0) is 0 Å². The quantitative estimate of drug-likeness (QED) is 0.149. The average molecular weight is 698 g/mol. The molecule has 0 atom stereocenters.